The molecule has 0 bridgehead atoms. The van der Waals surface area contributed by atoms with Gasteiger partial charge in [-0.3, -0.25) is 4.79 Å². The molecular formula is C20H22O4. The molecule has 0 saturated heterocycles. The summed E-state index contributed by atoms with van der Waals surface area (Å²) < 4.78 is 10.3. The molecule has 0 N–H and O–H groups in total. The van der Waals surface area contributed by atoms with Gasteiger partial charge in [-0.2, -0.15) is 0 Å². The van der Waals surface area contributed by atoms with Gasteiger partial charge in [-0.15, -0.1) is 0 Å². The van der Waals surface area contributed by atoms with Crippen LogP contribution in [0.2, 0.25) is 0 Å². The number of ether oxygens (including phenoxy) is 2. The summed E-state index contributed by atoms with van der Waals surface area (Å²) in [6.45, 7) is 7.50. The van der Waals surface area contributed by atoms with Crippen molar-refractivity contribution >= 4 is 11.8 Å². The van der Waals surface area contributed by atoms with E-state index in [9.17, 15) is 9.59 Å². The zero-order chi connectivity index (χ0) is 17.9. The minimum atomic E-state index is -0.540. The Kier molecular flexibility index (Phi) is 5.39. The Morgan fingerprint density at radius 1 is 0.958 bits per heavy atom. The summed E-state index contributed by atoms with van der Waals surface area (Å²) in [6.07, 6.45) is 0. The second-order valence-electron chi connectivity index (χ2n) is 5.87. The molecule has 0 aliphatic rings. The topological polar surface area (TPSA) is 52.6 Å². The van der Waals surface area contributed by atoms with Gasteiger partial charge < -0.3 is 9.47 Å². The van der Waals surface area contributed by atoms with E-state index in [-0.39, 0.29) is 12.4 Å². The number of carbonyl (C=O) groups excluding carboxylic acids is 2. The van der Waals surface area contributed by atoms with Gasteiger partial charge in [0.05, 0.1) is 12.7 Å². The van der Waals surface area contributed by atoms with Crippen LogP contribution < -0.4 is 4.74 Å². The molecule has 0 aliphatic heterocycles. The molecule has 126 valence electrons. The smallest absolute Gasteiger partial charge is 0.338 e. The van der Waals surface area contributed by atoms with E-state index < -0.39 is 5.97 Å². The van der Waals surface area contributed by atoms with Crippen molar-refractivity contribution < 1.29 is 19.1 Å². The Morgan fingerprint density at radius 2 is 1.58 bits per heavy atom. The highest BCUT2D eigenvalue weighted by Crippen LogP contribution is 2.22. The summed E-state index contributed by atoms with van der Waals surface area (Å²) in [7, 11) is 1.53. The van der Waals surface area contributed by atoms with Crippen molar-refractivity contribution in [2.24, 2.45) is 0 Å². The van der Waals surface area contributed by atoms with Crippen molar-refractivity contribution in [1.29, 1.82) is 0 Å². The van der Waals surface area contributed by atoms with Gasteiger partial charge in [-0.05, 0) is 68.1 Å². The van der Waals surface area contributed by atoms with E-state index in [1.807, 2.05) is 27.7 Å². The van der Waals surface area contributed by atoms with Gasteiger partial charge in [-0.25, -0.2) is 4.79 Å². The molecule has 24 heavy (non-hydrogen) atoms. The summed E-state index contributed by atoms with van der Waals surface area (Å²) in [6, 6.07) is 8.71. The first-order chi connectivity index (χ1) is 11.3. The van der Waals surface area contributed by atoms with Gasteiger partial charge in [0.1, 0.15) is 5.75 Å². The summed E-state index contributed by atoms with van der Waals surface area (Å²) >= 11 is 0. The molecule has 0 aromatic heterocycles. The largest absolute Gasteiger partial charge is 0.497 e. The Balaban J connectivity index is 2.15. The fourth-order valence-corrected chi connectivity index (χ4v) is 2.67. The van der Waals surface area contributed by atoms with E-state index in [0.717, 1.165) is 22.3 Å². The van der Waals surface area contributed by atoms with Crippen LogP contribution in [0.5, 0.6) is 5.75 Å². The normalized spacial score (nSPS) is 10.4. The maximum atomic E-state index is 12.5. The number of ketones is 1. The predicted molar refractivity (Wildman–Crippen MR) is 93.0 cm³/mol. The average Bonchev–Trinajstić information content (AvgIpc) is 2.58. The van der Waals surface area contributed by atoms with Gasteiger partial charge in [0.2, 0.25) is 5.78 Å². The van der Waals surface area contributed by atoms with Gasteiger partial charge >= 0.3 is 5.97 Å². The van der Waals surface area contributed by atoms with Gasteiger partial charge in [0, 0.05) is 5.56 Å². The van der Waals surface area contributed by atoms with Gasteiger partial charge in [0.15, 0.2) is 6.61 Å². The molecule has 0 amide bonds. The molecule has 2 aromatic carbocycles. The van der Waals surface area contributed by atoms with Crippen molar-refractivity contribution in [3.05, 3.63) is 63.7 Å². The van der Waals surface area contributed by atoms with E-state index in [2.05, 4.69) is 6.07 Å². The fraction of sp³-hybridized carbons (Fsp3) is 0.300. The Labute approximate surface area is 142 Å². The molecule has 0 radical (unpaired) electrons. The van der Waals surface area contributed by atoms with E-state index in [0.29, 0.717) is 16.9 Å². The molecule has 0 heterocycles. The fourth-order valence-electron chi connectivity index (χ4n) is 2.67. The third-order valence-corrected chi connectivity index (χ3v) is 4.28. The quantitative estimate of drug-likeness (QED) is 0.616. The van der Waals surface area contributed by atoms with Crippen molar-refractivity contribution in [2.45, 2.75) is 27.7 Å². The molecule has 4 heteroatoms. The van der Waals surface area contributed by atoms with Crippen LogP contribution in [0.1, 0.15) is 43.0 Å². The number of aryl methyl sites for hydroxylation is 2. The number of Topliss-reactive ketones (excluding diaryl/α,β-unsaturated/α-hetero) is 1. The maximum Gasteiger partial charge on any atom is 0.338 e. The minimum absolute atomic E-state index is 0.187. The van der Waals surface area contributed by atoms with Crippen LogP contribution in [-0.4, -0.2) is 25.5 Å². The lowest BCUT2D eigenvalue weighted by Gasteiger charge is -2.14. The second-order valence-corrected chi connectivity index (χ2v) is 5.87. The molecule has 0 aliphatic carbocycles. The van der Waals surface area contributed by atoms with Crippen LogP contribution >= 0.6 is 0 Å². The first-order valence-corrected chi connectivity index (χ1v) is 7.77. The van der Waals surface area contributed by atoms with E-state index in [4.69, 9.17) is 9.47 Å². The van der Waals surface area contributed by atoms with Crippen molar-refractivity contribution in [3.63, 3.8) is 0 Å². The molecule has 2 rings (SSSR count). The molecule has 0 atom stereocenters. The molecule has 0 fully saturated rings. The number of hydrogen-bond donors (Lipinski definition) is 0. The number of hydrogen-bond acceptors (Lipinski definition) is 4. The van der Waals surface area contributed by atoms with Gasteiger partial charge in [0.25, 0.3) is 0 Å². The monoisotopic (exact) mass is 326 g/mol. The van der Waals surface area contributed by atoms with Crippen LogP contribution in [0.15, 0.2) is 30.3 Å². The SMILES string of the molecule is COc1cccc(C(=O)OCC(=O)c2c(C)c(C)cc(C)c2C)c1. The van der Waals surface area contributed by atoms with E-state index in [1.165, 1.54) is 7.11 Å². The van der Waals surface area contributed by atoms with Crippen LogP contribution in [0, 0.1) is 27.7 Å². The highest BCUT2D eigenvalue weighted by Gasteiger charge is 2.18. The van der Waals surface area contributed by atoms with Crippen LogP contribution in [0.3, 0.4) is 0 Å². The second kappa shape index (κ2) is 7.30. The van der Waals surface area contributed by atoms with Crippen molar-refractivity contribution in [2.75, 3.05) is 13.7 Å². The lowest BCUT2D eigenvalue weighted by atomic mass is 9.92. The molecular weight excluding hydrogens is 304 g/mol. The standard InChI is InChI=1S/C20H22O4/c1-12-9-13(2)15(4)19(14(12)3)18(21)11-24-20(22)16-7-6-8-17(10-16)23-5/h6-10H,11H2,1-5H3. The third-order valence-electron chi connectivity index (χ3n) is 4.28. The lowest BCUT2D eigenvalue weighted by molar-refractivity contribution is 0.0474. The zero-order valence-electron chi connectivity index (χ0n) is 14.7. The molecule has 0 saturated carbocycles. The number of benzene rings is 2. The first kappa shape index (κ1) is 17.7. The molecule has 0 spiro atoms. The van der Waals surface area contributed by atoms with Crippen LogP contribution in [-0.2, 0) is 4.74 Å². The average molecular weight is 326 g/mol. The lowest BCUT2D eigenvalue weighted by Crippen LogP contribution is -2.17. The van der Waals surface area contributed by atoms with Crippen molar-refractivity contribution in [1.82, 2.24) is 0 Å². The first-order valence-electron chi connectivity index (χ1n) is 7.77. The van der Waals surface area contributed by atoms with E-state index >= 15 is 0 Å². The molecule has 4 nitrogen and oxygen atoms in total. The highest BCUT2D eigenvalue weighted by molar-refractivity contribution is 6.02. The summed E-state index contributed by atoms with van der Waals surface area (Å²) in [4.78, 5) is 24.7. The zero-order valence-corrected chi connectivity index (χ0v) is 14.7. The Hall–Kier alpha value is -2.62. The summed E-state index contributed by atoms with van der Waals surface area (Å²) in [5.74, 6) is -0.160. The number of esters is 1. The highest BCUT2D eigenvalue weighted by atomic mass is 16.5. The Bertz CT molecular complexity index is 764. The summed E-state index contributed by atoms with van der Waals surface area (Å²) in [5.41, 5.74) is 4.98. The summed E-state index contributed by atoms with van der Waals surface area (Å²) in [5, 5.41) is 0. The number of rotatable bonds is 5. The van der Waals surface area contributed by atoms with Crippen LogP contribution in [0.4, 0.5) is 0 Å². The number of methoxy groups -OCH3 is 1. The predicted octanol–water partition coefficient (Wildman–Crippen LogP) is 3.97. The molecule has 2 aromatic rings. The van der Waals surface area contributed by atoms with Gasteiger partial charge in [-0.1, -0.05) is 12.1 Å². The third kappa shape index (κ3) is 3.65. The van der Waals surface area contributed by atoms with Crippen molar-refractivity contribution in [3.8, 4) is 5.75 Å². The van der Waals surface area contributed by atoms with Crippen LogP contribution in [0.25, 0.3) is 0 Å². The van der Waals surface area contributed by atoms with E-state index in [1.54, 1.807) is 24.3 Å². The maximum absolute atomic E-state index is 12.5. The molecule has 0 unspecified atom stereocenters. The minimum Gasteiger partial charge on any atom is -0.497 e. The number of carbonyl (C=O) groups is 2. The Morgan fingerprint density at radius 3 is 2.17 bits per heavy atom.